The average Bonchev–Trinajstić information content (AvgIpc) is 3.19. The van der Waals surface area contributed by atoms with Crippen LogP contribution in [0, 0.1) is 0 Å². The summed E-state index contributed by atoms with van der Waals surface area (Å²) < 4.78 is 11.3. The fourth-order valence-corrected chi connectivity index (χ4v) is 5.38. The average molecular weight is 430 g/mol. The predicted molar refractivity (Wildman–Crippen MR) is 123 cm³/mol. The highest BCUT2D eigenvalue weighted by atomic mass is 16.5. The van der Waals surface area contributed by atoms with Crippen molar-refractivity contribution in [2.45, 2.75) is 50.4 Å². The van der Waals surface area contributed by atoms with Crippen LogP contribution in [0.15, 0.2) is 42.6 Å². The van der Waals surface area contributed by atoms with Gasteiger partial charge in [-0.05, 0) is 60.6 Å². The van der Waals surface area contributed by atoms with Crippen molar-refractivity contribution in [3.05, 3.63) is 48.2 Å². The summed E-state index contributed by atoms with van der Waals surface area (Å²) in [5.74, 6) is 2.22. The maximum absolute atomic E-state index is 6.12. The molecule has 164 valence electrons. The molecule has 3 aliphatic rings. The van der Waals surface area contributed by atoms with Crippen molar-refractivity contribution in [3.63, 3.8) is 0 Å². The molecule has 1 N–H and O–H groups in total. The van der Waals surface area contributed by atoms with E-state index in [2.05, 4.69) is 57.8 Å². The molecule has 5 heterocycles. The van der Waals surface area contributed by atoms with Gasteiger partial charge in [0.05, 0.1) is 13.3 Å². The van der Waals surface area contributed by atoms with Crippen molar-refractivity contribution in [1.29, 1.82) is 0 Å². The smallest absolute Gasteiger partial charge is 0.233 e. The van der Waals surface area contributed by atoms with Gasteiger partial charge >= 0.3 is 0 Å². The van der Waals surface area contributed by atoms with Crippen molar-refractivity contribution in [2.75, 3.05) is 19.1 Å². The van der Waals surface area contributed by atoms with E-state index >= 15 is 0 Å². The van der Waals surface area contributed by atoms with E-state index in [4.69, 9.17) is 14.5 Å². The quantitative estimate of drug-likeness (QED) is 0.676. The highest BCUT2D eigenvalue weighted by molar-refractivity contribution is 5.78. The molecule has 2 unspecified atom stereocenters. The second kappa shape index (κ2) is 7.74. The minimum Gasteiger partial charge on any atom is -0.480 e. The van der Waals surface area contributed by atoms with Crippen LogP contribution < -0.4 is 19.7 Å². The van der Waals surface area contributed by atoms with E-state index in [1.165, 1.54) is 31.2 Å². The first-order chi connectivity index (χ1) is 15.7. The predicted octanol–water partition coefficient (Wildman–Crippen LogP) is 3.83. The zero-order chi connectivity index (χ0) is 21.7. The largest absolute Gasteiger partial charge is 0.480 e. The van der Waals surface area contributed by atoms with Crippen LogP contribution >= 0.6 is 0 Å². The summed E-state index contributed by atoms with van der Waals surface area (Å²) in [5, 5.41) is 11.7. The van der Waals surface area contributed by atoms with Gasteiger partial charge in [0.25, 0.3) is 0 Å². The standard InChI is InChI=1S/C25H27N5O2/c1-30(20-11-18-4-5-19(12-20)27-18)23-8-7-22-21-6-3-15(9-17(21)14-32-25(22)28-23)16-10-24(31-2)29-26-13-16/h3,6-10,13,18-20,27H,4-5,11-12,14H2,1-2H3. The fourth-order valence-electron chi connectivity index (χ4n) is 5.38. The summed E-state index contributed by atoms with van der Waals surface area (Å²) in [7, 11) is 3.77. The van der Waals surface area contributed by atoms with E-state index in [-0.39, 0.29) is 0 Å². The molecule has 0 saturated carbocycles. The lowest BCUT2D eigenvalue weighted by molar-refractivity contribution is 0.289. The number of aromatic nitrogens is 3. The van der Waals surface area contributed by atoms with Gasteiger partial charge in [-0.15, -0.1) is 5.10 Å². The van der Waals surface area contributed by atoms with E-state index in [0.717, 1.165) is 34.0 Å². The summed E-state index contributed by atoms with van der Waals surface area (Å²) in [6.45, 7) is 0.503. The highest BCUT2D eigenvalue weighted by Crippen LogP contribution is 2.40. The molecule has 2 saturated heterocycles. The Balaban J connectivity index is 1.27. The summed E-state index contributed by atoms with van der Waals surface area (Å²) in [6, 6.07) is 14.4. The van der Waals surface area contributed by atoms with E-state index < -0.39 is 0 Å². The van der Waals surface area contributed by atoms with Gasteiger partial charge in [0.2, 0.25) is 11.8 Å². The minimum absolute atomic E-state index is 0.503. The van der Waals surface area contributed by atoms with Crippen LogP contribution in [-0.2, 0) is 6.61 Å². The van der Waals surface area contributed by atoms with Gasteiger partial charge in [0.15, 0.2) is 0 Å². The number of fused-ring (bicyclic) bond motifs is 5. The van der Waals surface area contributed by atoms with Crippen LogP contribution in [0.4, 0.5) is 5.82 Å². The molecule has 0 radical (unpaired) electrons. The van der Waals surface area contributed by atoms with Crippen LogP contribution in [0.25, 0.3) is 22.3 Å². The number of hydrogen-bond acceptors (Lipinski definition) is 7. The Hall–Kier alpha value is -3.19. The van der Waals surface area contributed by atoms with Crippen LogP contribution in [0.1, 0.15) is 31.2 Å². The molecule has 0 spiro atoms. The number of piperidine rings is 1. The number of anilines is 1. The molecule has 3 aliphatic heterocycles. The van der Waals surface area contributed by atoms with Gasteiger partial charge in [0, 0.05) is 42.4 Å². The molecule has 2 bridgehead atoms. The first-order valence-electron chi connectivity index (χ1n) is 11.3. The third-order valence-corrected chi connectivity index (χ3v) is 7.14. The van der Waals surface area contributed by atoms with Gasteiger partial charge in [-0.25, -0.2) is 0 Å². The molecule has 2 aromatic heterocycles. The first-order valence-corrected chi connectivity index (χ1v) is 11.3. The molecule has 1 aromatic carbocycles. The van der Waals surface area contributed by atoms with Gasteiger partial charge in [-0.3, -0.25) is 0 Å². The minimum atomic E-state index is 0.503. The zero-order valence-electron chi connectivity index (χ0n) is 18.4. The monoisotopic (exact) mass is 429 g/mol. The number of nitrogens with zero attached hydrogens (tertiary/aromatic N) is 4. The molecule has 7 nitrogen and oxygen atoms in total. The van der Waals surface area contributed by atoms with Gasteiger partial charge < -0.3 is 19.7 Å². The summed E-state index contributed by atoms with van der Waals surface area (Å²) in [5.41, 5.74) is 5.39. The third kappa shape index (κ3) is 3.37. The van der Waals surface area contributed by atoms with Crippen molar-refractivity contribution >= 4 is 5.82 Å². The lowest BCUT2D eigenvalue weighted by Gasteiger charge is -2.36. The second-order valence-electron chi connectivity index (χ2n) is 9.04. The number of rotatable bonds is 4. The highest BCUT2D eigenvalue weighted by Gasteiger charge is 2.35. The van der Waals surface area contributed by atoms with Crippen molar-refractivity contribution < 1.29 is 9.47 Å². The van der Waals surface area contributed by atoms with Crippen LogP contribution in [0.2, 0.25) is 0 Å². The molecule has 2 fully saturated rings. The molecular formula is C25H27N5O2. The number of ether oxygens (including phenoxy) is 2. The van der Waals surface area contributed by atoms with E-state index in [0.29, 0.717) is 30.6 Å². The van der Waals surface area contributed by atoms with Crippen molar-refractivity contribution in [2.24, 2.45) is 0 Å². The fraction of sp³-hybridized carbons (Fsp3) is 0.400. The topological polar surface area (TPSA) is 72.4 Å². The lowest BCUT2D eigenvalue weighted by Crippen LogP contribution is -2.47. The van der Waals surface area contributed by atoms with E-state index in [1.807, 2.05) is 6.07 Å². The molecule has 2 atom stereocenters. The Morgan fingerprint density at radius 1 is 1.03 bits per heavy atom. The number of nitrogens with one attached hydrogen (secondary N) is 1. The number of pyridine rings is 1. The maximum atomic E-state index is 6.12. The van der Waals surface area contributed by atoms with Crippen LogP contribution in [0.3, 0.4) is 0 Å². The third-order valence-electron chi connectivity index (χ3n) is 7.14. The number of methoxy groups -OCH3 is 1. The molecule has 32 heavy (non-hydrogen) atoms. The van der Waals surface area contributed by atoms with Gasteiger partial charge in [-0.1, -0.05) is 12.1 Å². The Labute approximate surface area is 187 Å². The Kier molecular flexibility index (Phi) is 4.72. The Morgan fingerprint density at radius 3 is 2.66 bits per heavy atom. The Bertz CT molecular complexity index is 1150. The molecule has 6 rings (SSSR count). The molecular weight excluding hydrogens is 402 g/mol. The maximum Gasteiger partial charge on any atom is 0.233 e. The molecule has 3 aromatic rings. The summed E-state index contributed by atoms with van der Waals surface area (Å²) in [6.07, 6.45) is 6.73. The molecule has 0 aliphatic carbocycles. The molecule has 0 amide bonds. The second-order valence-corrected chi connectivity index (χ2v) is 9.04. The van der Waals surface area contributed by atoms with Gasteiger partial charge in [-0.2, -0.15) is 10.1 Å². The van der Waals surface area contributed by atoms with E-state index in [9.17, 15) is 0 Å². The van der Waals surface area contributed by atoms with Gasteiger partial charge in [0.1, 0.15) is 12.4 Å². The number of hydrogen-bond donors (Lipinski definition) is 1. The lowest BCUT2D eigenvalue weighted by atomic mass is 9.95. The zero-order valence-corrected chi connectivity index (χ0v) is 18.4. The summed E-state index contributed by atoms with van der Waals surface area (Å²) >= 11 is 0. The Morgan fingerprint density at radius 2 is 1.84 bits per heavy atom. The van der Waals surface area contributed by atoms with Crippen molar-refractivity contribution in [3.8, 4) is 34.0 Å². The van der Waals surface area contributed by atoms with Crippen molar-refractivity contribution in [1.82, 2.24) is 20.5 Å². The normalized spacial score (nSPS) is 23.1. The van der Waals surface area contributed by atoms with E-state index in [1.54, 1.807) is 13.3 Å². The van der Waals surface area contributed by atoms with Crippen LogP contribution in [0.5, 0.6) is 11.8 Å². The van der Waals surface area contributed by atoms with Crippen LogP contribution in [-0.4, -0.2) is 47.5 Å². The molecule has 7 heteroatoms. The summed E-state index contributed by atoms with van der Waals surface area (Å²) in [4.78, 5) is 7.25. The number of benzene rings is 1. The SMILES string of the molecule is COc1cc(-c2ccc3c(c2)COc2nc(N(C)C4CC5CCC(C4)N5)ccc2-3)cnn1. The first kappa shape index (κ1) is 19.5.